The summed E-state index contributed by atoms with van der Waals surface area (Å²) in [6.07, 6.45) is 4.04. The first kappa shape index (κ1) is 13.9. The maximum Gasteiger partial charge on any atom is 0.347 e. The molecule has 0 radical (unpaired) electrons. The van der Waals surface area contributed by atoms with E-state index >= 15 is 0 Å². The second-order valence-corrected chi connectivity index (χ2v) is 7.13. The predicted octanol–water partition coefficient (Wildman–Crippen LogP) is 4.09. The van der Waals surface area contributed by atoms with Crippen molar-refractivity contribution in [2.45, 2.75) is 32.2 Å². The van der Waals surface area contributed by atoms with E-state index in [9.17, 15) is 4.79 Å². The monoisotopic (exact) mass is 328 g/mol. The molecule has 0 atom stereocenters. The number of carboxylic acid groups (broad SMARTS) is 1. The van der Waals surface area contributed by atoms with Crippen molar-refractivity contribution in [2.75, 3.05) is 0 Å². The molecule has 0 amide bonds. The number of thiazole rings is 1. The van der Waals surface area contributed by atoms with Gasteiger partial charge in [0.2, 0.25) is 0 Å². The van der Waals surface area contributed by atoms with Crippen LogP contribution in [0.5, 0.6) is 0 Å². The van der Waals surface area contributed by atoms with Gasteiger partial charge in [0.15, 0.2) is 4.80 Å². The second kappa shape index (κ2) is 5.35. The first-order chi connectivity index (χ1) is 9.58. The third-order valence-electron chi connectivity index (χ3n) is 3.13. The molecule has 0 bridgehead atoms. The van der Waals surface area contributed by atoms with Crippen LogP contribution >= 0.6 is 34.3 Å². The number of aromatic carboxylic acids is 1. The minimum absolute atomic E-state index is 0.302. The fraction of sp³-hybridized carbons (Fsp3) is 0.385. The highest BCUT2D eigenvalue weighted by molar-refractivity contribution is 7.16. The lowest BCUT2D eigenvalue weighted by molar-refractivity contribution is 0.0701. The lowest BCUT2D eigenvalue weighted by atomic mass is 10.3. The van der Waals surface area contributed by atoms with Gasteiger partial charge in [-0.15, -0.1) is 11.3 Å². The van der Waals surface area contributed by atoms with Crippen LogP contribution in [0.25, 0.3) is 0 Å². The maximum atomic E-state index is 11.0. The van der Waals surface area contributed by atoms with Gasteiger partial charge in [-0.2, -0.15) is 0 Å². The molecule has 1 saturated carbocycles. The maximum absolute atomic E-state index is 11.0. The Hall–Kier alpha value is -1.11. The van der Waals surface area contributed by atoms with Crippen molar-refractivity contribution < 1.29 is 9.90 Å². The first-order valence-corrected chi connectivity index (χ1v) is 8.37. The molecule has 1 aliphatic rings. The lowest BCUT2D eigenvalue weighted by Gasteiger charge is -1.94. The van der Waals surface area contributed by atoms with Crippen molar-refractivity contribution in [3.63, 3.8) is 0 Å². The molecule has 7 heteroatoms. The van der Waals surface area contributed by atoms with E-state index in [2.05, 4.69) is 4.99 Å². The van der Waals surface area contributed by atoms with Crippen LogP contribution in [0.2, 0.25) is 5.02 Å². The molecule has 4 nitrogen and oxygen atoms in total. The van der Waals surface area contributed by atoms with Crippen molar-refractivity contribution in [1.29, 1.82) is 0 Å². The number of carbonyl (C=O) groups is 1. The molecule has 1 fully saturated rings. The average molecular weight is 329 g/mol. The van der Waals surface area contributed by atoms with E-state index in [1.165, 1.54) is 29.1 Å². The number of hydrogen-bond acceptors (Lipinski definition) is 4. The molecule has 0 spiro atoms. The fourth-order valence-electron chi connectivity index (χ4n) is 1.94. The van der Waals surface area contributed by atoms with Gasteiger partial charge < -0.3 is 9.67 Å². The van der Waals surface area contributed by atoms with Crippen molar-refractivity contribution in [3.8, 4) is 0 Å². The topological polar surface area (TPSA) is 54.6 Å². The Morgan fingerprint density at radius 3 is 2.90 bits per heavy atom. The van der Waals surface area contributed by atoms with E-state index in [0.29, 0.717) is 22.1 Å². The highest BCUT2D eigenvalue weighted by atomic mass is 35.5. The molecule has 2 heterocycles. The van der Waals surface area contributed by atoms with E-state index in [1.54, 1.807) is 17.5 Å². The third-order valence-corrected chi connectivity index (χ3v) is 5.75. The molecule has 106 valence electrons. The summed E-state index contributed by atoms with van der Waals surface area (Å²) >= 11 is 9.02. The van der Waals surface area contributed by atoms with Crippen LogP contribution in [0.4, 0.5) is 5.00 Å². The van der Waals surface area contributed by atoms with Gasteiger partial charge in [0, 0.05) is 17.6 Å². The Bertz CT molecular complexity index is 725. The molecule has 2 aromatic heterocycles. The minimum Gasteiger partial charge on any atom is -0.477 e. The van der Waals surface area contributed by atoms with Gasteiger partial charge in [0.25, 0.3) is 0 Å². The molecular weight excluding hydrogens is 316 g/mol. The van der Waals surface area contributed by atoms with E-state index in [1.807, 2.05) is 17.6 Å². The Morgan fingerprint density at radius 2 is 2.30 bits per heavy atom. The summed E-state index contributed by atoms with van der Waals surface area (Å²) in [5.41, 5.74) is 0. The average Bonchev–Trinajstić information content (AvgIpc) is 3.06. The molecule has 1 N–H and O–H groups in total. The summed E-state index contributed by atoms with van der Waals surface area (Å²) in [6, 6.07) is 1.88. The van der Waals surface area contributed by atoms with Crippen molar-refractivity contribution in [3.05, 3.63) is 31.8 Å². The molecular formula is C13H13ClN2O2S2. The van der Waals surface area contributed by atoms with Crippen molar-refractivity contribution in [2.24, 2.45) is 4.99 Å². The van der Waals surface area contributed by atoms with Crippen LogP contribution in [0.15, 0.2) is 17.3 Å². The quantitative estimate of drug-likeness (QED) is 0.918. The van der Waals surface area contributed by atoms with Crippen LogP contribution in [0.3, 0.4) is 0 Å². The number of halogens is 1. The van der Waals surface area contributed by atoms with Gasteiger partial charge in [0.05, 0.1) is 5.02 Å². The SMILES string of the molecule is CCn1cc(C(=O)O)sc1=Nc1cc(Cl)c(C2CC2)s1. The van der Waals surface area contributed by atoms with E-state index in [0.717, 1.165) is 10.0 Å². The molecule has 0 saturated heterocycles. The number of nitrogens with zero attached hydrogens (tertiary/aromatic N) is 2. The molecule has 0 unspecified atom stereocenters. The molecule has 1 aliphatic carbocycles. The van der Waals surface area contributed by atoms with E-state index in [-0.39, 0.29) is 0 Å². The molecule has 20 heavy (non-hydrogen) atoms. The molecule has 0 aliphatic heterocycles. The predicted molar refractivity (Wildman–Crippen MR) is 81.5 cm³/mol. The number of thiophene rings is 1. The molecule has 3 rings (SSSR count). The Labute approximate surface area is 129 Å². The van der Waals surface area contributed by atoms with E-state index < -0.39 is 5.97 Å². The third kappa shape index (κ3) is 2.68. The number of aryl methyl sites for hydroxylation is 1. The summed E-state index contributed by atoms with van der Waals surface area (Å²) in [7, 11) is 0. The number of rotatable bonds is 4. The van der Waals surface area contributed by atoms with Crippen LogP contribution in [-0.2, 0) is 6.54 Å². The Kier molecular flexibility index (Phi) is 3.70. The number of aromatic nitrogens is 1. The van der Waals surface area contributed by atoms with Gasteiger partial charge in [-0.1, -0.05) is 22.9 Å². The summed E-state index contributed by atoms with van der Waals surface area (Å²) in [5, 5.41) is 10.7. The zero-order valence-electron chi connectivity index (χ0n) is 10.8. The highest BCUT2D eigenvalue weighted by Gasteiger charge is 2.28. The zero-order chi connectivity index (χ0) is 14.3. The van der Waals surface area contributed by atoms with Crippen LogP contribution < -0.4 is 4.80 Å². The van der Waals surface area contributed by atoms with Crippen molar-refractivity contribution >= 4 is 45.2 Å². The smallest absolute Gasteiger partial charge is 0.347 e. The van der Waals surface area contributed by atoms with Gasteiger partial charge in [-0.3, -0.25) is 0 Å². The minimum atomic E-state index is -0.915. The highest BCUT2D eigenvalue weighted by Crippen LogP contribution is 2.48. The Balaban J connectivity index is 2.02. The summed E-state index contributed by atoms with van der Waals surface area (Å²) < 4.78 is 1.85. The van der Waals surface area contributed by atoms with Crippen LogP contribution in [0, 0.1) is 0 Å². The summed E-state index contributed by atoms with van der Waals surface area (Å²) in [4.78, 5) is 17.8. The first-order valence-electron chi connectivity index (χ1n) is 6.36. The molecule has 0 aromatic carbocycles. The van der Waals surface area contributed by atoms with Gasteiger partial charge in [0.1, 0.15) is 9.88 Å². The van der Waals surface area contributed by atoms with Gasteiger partial charge in [-0.05, 0) is 31.7 Å². The van der Waals surface area contributed by atoms with Crippen LogP contribution in [0.1, 0.15) is 40.2 Å². The zero-order valence-corrected chi connectivity index (χ0v) is 13.2. The largest absolute Gasteiger partial charge is 0.477 e. The van der Waals surface area contributed by atoms with Gasteiger partial charge >= 0.3 is 5.97 Å². The van der Waals surface area contributed by atoms with Gasteiger partial charge in [-0.25, -0.2) is 9.79 Å². The summed E-state index contributed by atoms with van der Waals surface area (Å²) in [6.45, 7) is 2.66. The van der Waals surface area contributed by atoms with Crippen LogP contribution in [-0.4, -0.2) is 15.6 Å². The second-order valence-electron chi connectivity index (χ2n) is 4.65. The van der Waals surface area contributed by atoms with E-state index in [4.69, 9.17) is 16.7 Å². The Morgan fingerprint density at radius 1 is 1.55 bits per heavy atom. The standard InChI is InChI=1S/C13H13ClN2O2S2/c1-2-16-6-9(12(17)18)19-13(16)15-10-5-8(14)11(20-10)7-3-4-7/h5-7H,2-4H2,1H3,(H,17,18). The number of carboxylic acids is 1. The van der Waals surface area contributed by atoms with Crippen molar-refractivity contribution in [1.82, 2.24) is 4.57 Å². The summed E-state index contributed by atoms with van der Waals surface area (Å²) in [5.74, 6) is -0.311. The lowest BCUT2D eigenvalue weighted by Crippen LogP contribution is -2.11. The molecule has 2 aromatic rings. The normalized spacial score (nSPS) is 15.8. The number of hydrogen-bond donors (Lipinski definition) is 1. The fourth-order valence-corrected chi connectivity index (χ4v) is 4.43.